The molecule has 2 rings (SSSR count). The van der Waals surface area contributed by atoms with Crippen LogP contribution in [0.1, 0.15) is 12.1 Å². The van der Waals surface area contributed by atoms with E-state index in [9.17, 15) is 0 Å². The third-order valence-electron chi connectivity index (χ3n) is 2.10. The summed E-state index contributed by atoms with van der Waals surface area (Å²) in [5.41, 5.74) is 0.898. The van der Waals surface area contributed by atoms with Crippen LogP contribution in [0.3, 0.4) is 0 Å². The first-order valence-corrected chi connectivity index (χ1v) is 4.52. The highest BCUT2D eigenvalue weighted by Gasteiger charge is 2.14. The average Bonchev–Trinajstić information content (AvgIpc) is 2.69. The number of hydrogen-bond acceptors (Lipinski definition) is 4. The van der Waals surface area contributed by atoms with Crippen molar-refractivity contribution >= 4 is 12.4 Å². The molecule has 0 spiro atoms. The zero-order chi connectivity index (χ0) is 8.93. The Balaban J connectivity index is 0.000000980. The number of nitrogens with zero attached hydrogens (tertiary/aromatic N) is 2. The molecule has 78 valence electrons. The Labute approximate surface area is 89.5 Å². The van der Waals surface area contributed by atoms with Crippen LogP contribution in [-0.4, -0.2) is 29.2 Å². The fraction of sp³-hybridized carbons (Fsp3) is 0.556. The van der Waals surface area contributed by atoms with E-state index in [1.54, 1.807) is 18.6 Å². The zero-order valence-electron chi connectivity index (χ0n) is 7.85. The van der Waals surface area contributed by atoms with Crippen molar-refractivity contribution in [2.45, 2.75) is 19.1 Å². The highest BCUT2D eigenvalue weighted by Crippen LogP contribution is 2.05. The number of nitrogens with one attached hydrogen (secondary N) is 1. The van der Waals surface area contributed by atoms with Gasteiger partial charge in [-0.25, -0.2) is 0 Å². The predicted octanol–water partition coefficient (Wildman–Crippen LogP) is 0.777. The minimum atomic E-state index is 0. The standard InChI is InChI=1S/C9H13N3O.ClH/c1-2-10-6-9(1)13-7-8-5-11-3-4-12-8;/h3-5,9-10H,1-2,6-7H2;1H. The first-order chi connectivity index (χ1) is 6.45. The molecule has 0 bridgehead atoms. The van der Waals surface area contributed by atoms with Crippen LogP contribution in [0, 0.1) is 0 Å². The van der Waals surface area contributed by atoms with E-state index in [2.05, 4.69) is 15.3 Å². The van der Waals surface area contributed by atoms with Gasteiger partial charge in [0.1, 0.15) is 0 Å². The average molecular weight is 216 g/mol. The molecule has 4 nitrogen and oxygen atoms in total. The molecule has 5 heteroatoms. The third kappa shape index (κ3) is 3.21. The summed E-state index contributed by atoms with van der Waals surface area (Å²) in [6.07, 6.45) is 6.54. The van der Waals surface area contributed by atoms with Crippen molar-refractivity contribution in [2.24, 2.45) is 0 Å². The van der Waals surface area contributed by atoms with Crippen LogP contribution in [0.2, 0.25) is 0 Å². The molecule has 1 aromatic heterocycles. The van der Waals surface area contributed by atoms with Gasteiger partial charge in [-0.15, -0.1) is 12.4 Å². The molecule has 1 unspecified atom stereocenters. The van der Waals surface area contributed by atoms with E-state index >= 15 is 0 Å². The Morgan fingerprint density at radius 2 is 2.43 bits per heavy atom. The molecule has 14 heavy (non-hydrogen) atoms. The second kappa shape index (κ2) is 5.90. The van der Waals surface area contributed by atoms with E-state index in [1.165, 1.54) is 0 Å². The molecule has 1 N–H and O–H groups in total. The molecule has 0 saturated carbocycles. The summed E-state index contributed by atoms with van der Waals surface area (Å²) < 4.78 is 5.62. The molecule has 0 radical (unpaired) electrons. The molecular formula is C9H14ClN3O. The third-order valence-corrected chi connectivity index (χ3v) is 2.10. The lowest BCUT2D eigenvalue weighted by Gasteiger charge is -2.08. The smallest absolute Gasteiger partial charge is 0.0907 e. The number of ether oxygens (including phenoxy) is 1. The van der Waals surface area contributed by atoms with Crippen molar-refractivity contribution in [1.29, 1.82) is 0 Å². The maximum atomic E-state index is 5.62. The maximum absolute atomic E-state index is 5.62. The summed E-state index contributed by atoms with van der Waals surface area (Å²) in [6.45, 7) is 2.59. The van der Waals surface area contributed by atoms with E-state index in [1.807, 2.05) is 0 Å². The van der Waals surface area contributed by atoms with Crippen molar-refractivity contribution < 1.29 is 4.74 Å². The summed E-state index contributed by atoms with van der Waals surface area (Å²) in [6, 6.07) is 0. The molecule has 1 aromatic rings. The van der Waals surface area contributed by atoms with Crippen molar-refractivity contribution in [3.05, 3.63) is 24.3 Å². The quantitative estimate of drug-likeness (QED) is 0.810. The van der Waals surface area contributed by atoms with Crippen LogP contribution in [0.4, 0.5) is 0 Å². The molecule has 2 heterocycles. The summed E-state index contributed by atoms with van der Waals surface area (Å²) in [4.78, 5) is 8.10. The van der Waals surface area contributed by atoms with Gasteiger partial charge in [0.15, 0.2) is 0 Å². The molecule has 1 saturated heterocycles. The topological polar surface area (TPSA) is 47.0 Å². The maximum Gasteiger partial charge on any atom is 0.0907 e. The number of hydrogen-bond donors (Lipinski definition) is 1. The van der Waals surface area contributed by atoms with Crippen LogP contribution >= 0.6 is 12.4 Å². The van der Waals surface area contributed by atoms with Gasteiger partial charge >= 0.3 is 0 Å². The van der Waals surface area contributed by atoms with E-state index in [0.717, 1.165) is 25.2 Å². The molecule has 0 aliphatic carbocycles. The van der Waals surface area contributed by atoms with Crippen LogP contribution in [0.5, 0.6) is 0 Å². The van der Waals surface area contributed by atoms with Gasteiger partial charge in [0.05, 0.1) is 24.6 Å². The summed E-state index contributed by atoms with van der Waals surface area (Å²) in [7, 11) is 0. The summed E-state index contributed by atoms with van der Waals surface area (Å²) in [5, 5.41) is 3.25. The lowest BCUT2D eigenvalue weighted by Crippen LogP contribution is -2.16. The van der Waals surface area contributed by atoms with Gasteiger partial charge < -0.3 is 10.1 Å². The fourth-order valence-corrected chi connectivity index (χ4v) is 1.38. The van der Waals surface area contributed by atoms with Gasteiger partial charge in [-0.05, 0) is 13.0 Å². The van der Waals surface area contributed by atoms with Crippen LogP contribution < -0.4 is 5.32 Å². The van der Waals surface area contributed by atoms with Gasteiger partial charge in [-0.2, -0.15) is 0 Å². The highest BCUT2D eigenvalue weighted by molar-refractivity contribution is 5.85. The van der Waals surface area contributed by atoms with Crippen molar-refractivity contribution in [1.82, 2.24) is 15.3 Å². The number of rotatable bonds is 3. The lowest BCUT2D eigenvalue weighted by atomic mass is 10.3. The fourth-order valence-electron chi connectivity index (χ4n) is 1.38. The van der Waals surface area contributed by atoms with Gasteiger partial charge in [0.2, 0.25) is 0 Å². The second-order valence-corrected chi connectivity index (χ2v) is 3.12. The minimum absolute atomic E-state index is 0. The number of halogens is 1. The summed E-state index contributed by atoms with van der Waals surface area (Å²) in [5.74, 6) is 0. The first kappa shape index (κ1) is 11.4. The van der Waals surface area contributed by atoms with Crippen molar-refractivity contribution in [3.63, 3.8) is 0 Å². The SMILES string of the molecule is Cl.c1cnc(COC2CCNC2)cn1. The van der Waals surface area contributed by atoms with E-state index < -0.39 is 0 Å². The second-order valence-electron chi connectivity index (χ2n) is 3.12. The Hall–Kier alpha value is -0.710. The van der Waals surface area contributed by atoms with Gasteiger partial charge in [-0.3, -0.25) is 9.97 Å². The molecular weight excluding hydrogens is 202 g/mol. The zero-order valence-corrected chi connectivity index (χ0v) is 8.67. The Bertz CT molecular complexity index is 251. The monoisotopic (exact) mass is 215 g/mol. The van der Waals surface area contributed by atoms with Gasteiger partial charge in [0, 0.05) is 18.9 Å². The minimum Gasteiger partial charge on any atom is -0.370 e. The van der Waals surface area contributed by atoms with E-state index in [-0.39, 0.29) is 12.4 Å². The normalized spacial score (nSPS) is 20.4. The highest BCUT2D eigenvalue weighted by atomic mass is 35.5. The largest absolute Gasteiger partial charge is 0.370 e. The lowest BCUT2D eigenvalue weighted by molar-refractivity contribution is 0.0520. The van der Waals surface area contributed by atoms with Crippen molar-refractivity contribution in [3.8, 4) is 0 Å². The molecule has 0 amide bonds. The Morgan fingerprint density at radius 3 is 3.07 bits per heavy atom. The van der Waals surface area contributed by atoms with E-state index in [4.69, 9.17) is 4.74 Å². The van der Waals surface area contributed by atoms with E-state index in [0.29, 0.717) is 12.7 Å². The molecule has 1 aliphatic rings. The van der Waals surface area contributed by atoms with Crippen LogP contribution in [0.15, 0.2) is 18.6 Å². The van der Waals surface area contributed by atoms with Crippen LogP contribution in [-0.2, 0) is 11.3 Å². The predicted molar refractivity (Wildman–Crippen MR) is 55.3 cm³/mol. The van der Waals surface area contributed by atoms with Crippen molar-refractivity contribution in [2.75, 3.05) is 13.1 Å². The van der Waals surface area contributed by atoms with Crippen LogP contribution in [0.25, 0.3) is 0 Å². The van der Waals surface area contributed by atoms with Gasteiger partial charge in [-0.1, -0.05) is 0 Å². The molecule has 0 aromatic carbocycles. The molecule has 1 fully saturated rings. The van der Waals surface area contributed by atoms with Gasteiger partial charge in [0.25, 0.3) is 0 Å². The Morgan fingerprint density at radius 1 is 1.50 bits per heavy atom. The first-order valence-electron chi connectivity index (χ1n) is 4.52. The molecule has 1 aliphatic heterocycles. The summed E-state index contributed by atoms with van der Waals surface area (Å²) >= 11 is 0. The Kier molecular flexibility index (Phi) is 4.79. The molecule has 1 atom stereocenters. The number of aromatic nitrogens is 2.